The van der Waals surface area contributed by atoms with Gasteiger partial charge in [-0.2, -0.15) is 0 Å². The summed E-state index contributed by atoms with van der Waals surface area (Å²) in [5, 5.41) is 14.2. The lowest BCUT2D eigenvalue weighted by Gasteiger charge is -2.24. The van der Waals surface area contributed by atoms with Crippen LogP contribution >= 0.6 is 0 Å². The van der Waals surface area contributed by atoms with Crippen LogP contribution in [0.2, 0.25) is 0 Å². The van der Waals surface area contributed by atoms with Crippen LogP contribution in [0.3, 0.4) is 0 Å². The minimum absolute atomic E-state index is 0.0147. The van der Waals surface area contributed by atoms with E-state index in [-0.39, 0.29) is 16.8 Å². The van der Waals surface area contributed by atoms with E-state index in [0.29, 0.717) is 5.69 Å². The normalized spacial score (nSPS) is 17.6. The van der Waals surface area contributed by atoms with Crippen molar-refractivity contribution in [3.63, 3.8) is 0 Å². The average molecular weight is 249 g/mol. The van der Waals surface area contributed by atoms with Crippen molar-refractivity contribution in [1.82, 2.24) is 0 Å². The topological polar surface area (TPSA) is 81.2 Å². The second-order valence-electron chi connectivity index (χ2n) is 5.37. The first-order valence-corrected chi connectivity index (χ1v) is 6.29. The summed E-state index contributed by atoms with van der Waals surface area (Å²) in [6, 6.07) is 5.01. The molecule has 5 heteroatoms. The summed E-state index contributed by atoms with van der Waals surface area (Å²) in [4.78, 5) is 10.6. The zero-order valence-electron chi connectivity index (χ0n) is 10.6. The predicted octanol–water partition coefficient (Wildman–Crippen LogP) is 3.17. The summed E-state index contributed by atoms with van der Waals surface area (Å²) in [5.41, 5.74) is 6.62. The van der Waals surface area contributed by atoms with Gasteiger partial charge in [-0.1, -0.05) is 25.8 Å². The van der Waals surface area contributed by atoms with Crippen LogP contribution in [0.25, 0.3) is 0 Å². The van der Waals surface area contributed by atoms with E-state index in [1.54, 1.807) is 18.2 Å². The number of rotatable bonds is 4. The number of nitrogens with two attached hydrogens (primary N) is 1. The van der Waals surface area contributed by atoms with Crippen LogP contribution in [0, 0.1) is 15.5 Å². The highest BCUT2D eigenvalue weighted by atomic mass is 16.6. The maximum absolute atomic E-state index is 11.0. The molecule has 0 radical (unpaired) electrons. The molecule has 18 heavy (non-hydrogen) atoms. The second-order valence-corrected chi connectivity index (χ2v) is 5.37. The molecule has 1 saturated carbocycles. The number of nitro groups is 1. The molecule has 0 unspecified atom stereocenters. The van der Waals surface area contributed by atoms with Gasteiger partial charge in [0.25, 0.3) is 0 Å². The molecule has 0 atom stereocenters. The van der Waals surface area contributed by atoms with Crippen molar-refractivity contribution >= 4 is 17.1 Å². The van der Waals surface area contributed by atoms with Gasteiger partial charge in [-0.3, -0.25) is 10.1 Å². The number of hydrogen-bond acceptors (Lipinski definition) is 4. The van der Waals surface area contributed by atoms with Crippen molar-refractivity contribution in [2.75, 3.05) is 17.6 Å². The van der Waals surface area contributed by atoms with Gasteiger partial charge in [0, 0.05) is 6.54 Å². The van der Waals surface area contributed by atoms with Gasteiger partial charge in [0.15, 0.2) is 0 Å². The smallest absolute Gasteiger partial charge is 0.314 e. The fourth-order valence-corrected chi connectivity index (χ4v) is 2.62. The first kappa shape index (κ1) is 12.7. The predicted molar refractivity (Wildman–Crippen MR) is 72.6 cm³/mol. The van der Waals surface area contributed by atoms with Crippen molar-refractivity contribution in [2.45, 2.75) is 32.6 Å². The molecule has 1 aromatic rings. The van der Waals surface area contributed by atoms with E-state index in [4.69, 9.17) is 5.73 Å². The Kier molecular flexibility index (Phi) is 3.41. The highest BCUT2D eigenvalue weighted by Crippen LogP contribution is 2.38. The Morgan fingerprint density at radius 2 is 2.11 bits per heavy atom. The number of nitrogens with zero attached hydrogens (tertiary/aromatic N) is 1. The number of anilines is 2. The Balaban J connectivity index is 2.14. The van der Waals surface area contributed by atoms with Gasteiger partial charge in [0.05, 0.1) is 4.92 Å². The van der Waals surface area contributed by atoms with Gasteiger partial charge in [0.2, 0.25) is 0 Å². The van der Waals surface area contributed by atoms with Crippen molar-refractivity contribution < 1.29 is 4.92 Å². The zero-order valence-corrected chi connectivity index (χ0v) is 10.6. The quantitative estimate of drug-likeness (QED) is 0.488. The van der Waals surface area contributed by atoms with Crippen LogP contribution in [-0.4, -0.2) is 11.5 Å². The van der Waals surface area contributed by atoms with Gasteiger partial charge >= 0.3 is 5.69 Å². The van der Waals surface area contributed by atoms with E-state index < -0.39 is 4.92 Å². The number of nitrogens with one attached hydrogen (secondary N) is 1. The second kappa shape index (κ2) is 4.84. The van der Waals surface area contributed by atoms with Gasteiger partial charge in [-0.15, -0.1) is 0 Å². The lowest BCUT2D eigenvalue weighted by molar-refractivity contribution is -0.383. The van der Waals surface area contributed by atoms with Gasteiger partial charge < -0.3 is 11.1 Å². The van der Waals surface area contributed by atoms with Crippen LogP contribution in [-0.2, 0) is 0 Å². The maximum atomic E-state index is 11.0. The molecule has 1 aromatic carbocycles. The number of para-hydroxylation sites is 1. The molecule has 0 amide bonds. The maximum Gasteiger partial charge on any atom is 0.314 e. The molecule has 1 aliphatic carbocycles. The SMILES string of the molecule is CC1(CNc2cccc(N)c2[N+](=O)[O-])CCCC1. The molecule has 1 fully saturated rings. The third kappa shape index (κ3) is 2.55. The lowest BCUT2D eigenvalue weighted by atomic mass is 9.89. The monoisotopic (exact) mass is 249 g/mol. The van der Waals surface area contributed by atoms with Crippen molar-refractivity contribution in [2.24, 2.45) is 5.41 Å². The molecular weight excluding hydrogens is 230 g/mol. The van der Waals surface area contributed by atoms with Crippen LogP contribution in [0.15, 0.2) is 18.2 Å². The van der Waals surface area contributed by atoms with Crippen molar-refractivity contribution in [1.29, 1.82) is 0 Å². The van der Waals surface area contributed by atoms with Crippen LogP contribution < -0.4 is 11.1 Å². The third-order valence-electron chi connectivity index (χ3n) is 3.77. The van der Waals surface area contributed by atoms with E-state index >= 15 is 0 Å². The lowest BCUT2D eigenvalue weighted by Crippen LogP contribution is -2.23. The summed E-state index contributed by atoms with van der Waals surface area (Å²) < 4.78 is 0. The molecule has 0 heterocycles. The molecule has 5 nitrogen and oxygen atoms in total. The fraction of sp³-hybridized carbons (Fsp3) is 0.538. The Morgan fingerprint density at radius 3 is 2.72 bits per heavy atom. The van der Waals surface area contributed by atoms with E-state index in [1.807, 2.05) is 0 Å². The molecule has 0 aromatic heterocycles. The van der Waals surface area contributed by atoms with Gasteiger partial charge in [0.1, 0.15) is 11.4 Å². The van der Waals surface area contributed by atoms with Crippen LogP contribution in [0.4, 0.5) is 17.1 Å². The molecule has 0 bridgehead atoms. The summed E-state index contributed by atoms with van der Waals surface area (Å²) >= 11 is 0. The molecule has 0 spiro atoms. The summed E-state index contributed by atoms with van der Waals surface area (Å²) in [7, 11) is 0. The average Bonchev–Trinajstić information content (AvgIpc) is 2.73. The summed E-state index contributed by atoms with van der Waals surface area (Å²) in [5.74, 6) is 0. The third-order valence-corrected chi connectivity index (χ3v) is 3.77. The van der Waals surface area contributed by atoms with Gasteiger partial charge in [-0.05, 0) is 30.4 Å². The number of benzene rings is 1. The van der Waals surface area contributed by atoms with Gasteiger partial charge in [-0.25, -0.2) is 0 Å². The molecular formula is C13H19N3O2. The first-order valence-electron chi connectivity index (χ1n) is 6.29. The number of hydrogen-bond donors (Lipinski definition) is 2. The minimum atomic E-state index is -0.422. The molecule has 2 rings (SSSR count). The van der Waals surface area contributed by atoms with Crippen LogP contribution in [0.5, 0.6) is 0 Å². The van der Waals surface area contributed by atoms with Crippen molar-refractivity contribution in [3.8, 4) is 0 Å². The molecule has 1 aliphatic rings. The molecule has 0 saturated heterocycles. The Hall–Kier alpha value is -1.78. The molecule has 98 valence electrons. The fourth-order valence-electron chi connectivity index (χ4n) is 2.62. The zero-order chi connectivity index (χ0) is 13.2. The van der Waals surface area contributed by atoms with Crippen LogP contribution in [0.1, 0.15) is 32.6 Å². The Labute approximate surface area is 107 Å². The molecule has 0 aliphatic heterocycles. The van der Waals surface area contributed by atoms with E-state index in [1.165, 1.54) is 25.7 Å². The summed E-state index contributed by atoms with van der Waals surface area (Å²) in [6.07, 6.45) is 4.85. The number of nitrogen functional groups attached to an aromatic ring is 1. The van der Waals surface area contributed by atoms with E-state index in [0.717, 1.165) is 6.54 Å². The Morgan fingerprint density at radius 1 is 1.44 bits per heavy atom. The molecule has 3 N–H and O–H groups in total. The highest BCUT2D eigenvalue weighted by Gasteiger charge is 2.29. The Bertz CT molecular complexity index is 454. The highest BCUT2D eigenvalue weighted by molar-refractivity contribution is 5.74. The van der Waals surface area contributed by atoms with E-state index in [9.17, 15) is 10.1 Å². The van der Waals surface area contributed by atoms with E-state index in [2.05, 4.69) is 12.2 Å². The summed E-state index contributed by atoms with van der Waals surface area (Å²) in [6.45, 7) is 2.99. The van der Waals surface area contributed by atoms with Crippen molar-refractivity contribution in [3.05, 3.63) is 28.3 Å². The standard InChI is InChI=1S/C13H19N3O2/c1-13(7-2-3-8-13)9-15-11-6-4-5-10(14)12(11)16(17)18/h4-6,15H,2-3,7-9,14H2,1H3. The largest absolute Gasteiger partial charge is 0.393 e. The number of nitro benzene ring substituents is 1. The first-order chi connectivity index (χ1) is 8.52. The minimum Gasteiger partial charge on any atom is -0.393 e.